The Bertz CT molecular complexity index is 1020. The van der Waals surface area contributed by atoms with Crippen LogP contribution in [0.2, 0.25) is 0 Å². The Balaban J connectivity index is 1.64. The summed E-state index contributed by atoms with van der Waals surface area (Å²) >= 11 is 0. The molecule has 6 heteroatoms. The lowest BCUT2D eigenvalue weighted by atomic mass is 9.33. The lowest BCUT2D eigenvalue weighted by Gasteiger charge is -2.71. The molecule has 36 heavy (non-hydrogen) atoms. The molecular weight excluding hydrogens is 456 g/mol. The molecule has 202 valence electrons. The molecule has 0 bridgehead atoms. The van der Waals surface area contributed by atoms with Crippen molar-refractivity contribution in [1.29, 1.82) is 0 Å². The molecule has 0 heterocycles. The fourth-order valence-electron chi connectivity index (χ4n) is 10.8. The van der Waals surface area contributed by atoms with Crippen LogP contribution in [-0.4, -0.2) is 44.1 Å². The molecule has 0 aromatic carbocycles. The van der Waals surface area contributed by atoms with Crippen molar-refractivity contribution < 1.29 is 30.0 Å². The predicted octanol–water partition coefficient (Wildman–Crippen LogP) is 5.27. The summed E-state index contributed by atoms with van der Waals surface area (Å²) in [4.78, 5) is 25.4. The molecule has 0 amide bonds. The van der Waals surface area contributed by atoms with Crippen LogP contribution in [0.1, 0.15) is 99.3 Å². The lowest BCUT2D eigenvalue weighted by molar-refractivity contribution is -0.224. The second kappa shape index (κ2) is 7.59. The molecule has 3 unspecified atom stereocenters. The largest absolute Gasteiger partial charge is 0.481 e. The minimum Gasteiger partial charge on any atom is -0.481 e. The maximum Gasteiger partial charge on any atom is 0.312 e. The monoisotopic (exact) mass is 502 g/mol. The molecule has 0 aliphatic heterocycles. The summed E-state index contributed by atoms with van der Waals surface area (Å²) in [5, 5.41) is 43.5. The Labute approximate surface area is 215 Å². The van der Waals surface area contributed by atoms with Gasteiger partial charge in [0, 0.05) is 5.92 Å². The van der Waals surface area contributed by atoms with Gasteiger partial charge in [-0.2, -0.15) is 0 Å². The minimum atomic E-state index is -1.16. The predicted molar refractivity (Wildman–Crippen MR) is 136 cm³/mol. The number of fused-ring (bicyclic) bond motifs is 7. The van der Waals surface area contributed by atoms with E-state index in [0.717, 1.165) is 44.1 Å². The average molecular weight is 503 g/mol. The molecule has 6 nitrogen and oxygen atoms in total. The number of rotatable bonds is 2. The number of aliphatic carboxylic acids is 2. The molecule has 5 rings (SSSR count). The molecular formula is C30H46O6. The van der Waals surface area contributed by atoms with Crippen molar-refractivity contribution in [1.82, 2.24) is 0 Å². The van der Waals surface area contributed by atoms with Gasteiger partial charge < -0.3 is 20.4 Å². The van der Waals surface area contributed by atoms with Crippen LogP contribution in [0.15, 0.2) is 11.6 Å². The number of hydrogen-bond donors (Lipinski definition) is 4. The number of aliphatic hydroxyl groups is 2. The van der Waals surface area contributed by atoms with Gasteiger partial charge in [0.2, 0.25) is 0 Å². The zero-order valence-electron chi connectivity index (χ0n) is 22.9. The summed E-state index contributed by atoms with van der Waals surface area (Å²) in [5.41, 5.74) is -2.66. The Kier molecular flexibility index (Phi) is 5.53. The van der Waals surface area contributed by atoms with Gasteiger partial charge >= 0.3 is 11.9 Å². The lowest BCUT2D eigenvalue weighted by Crippen LogP contribution is -2.68. The van der Waals surface area contributed by atoms with Crippen LogP contribution in [0, 0.1) is 50.7 Å². The first-order valence-electron chi connectivity index (χ1n) is 14.1. The van der Waals surface area contributed by atoms with Crippen LogP contribution in [0.4, 0.5) is 0 Å². The first kappa shape index (κ1) is 26.2. The van der Waals surface area contributed by atoms with Gasteiger partial charge in [0.25, 0.3) is 0 Å². The van der Waals surface area contributed by atoms with Crippen molar-refractivity contribution in [2.24, 2.45) is 50.7 Å². The first-order valence-corrected chi connectivity index (χ1v) is 14.1. The highest BCUT2D eigenvalue weighted by atomic mass is 16.4. The molecule has 4 fully saturated rings. The average Bonchev–Trinajstić information content (AvgIpc) is 2.79. The zero-order chi connectivity index (χ0) is 26.7. The normalized spacial score (nSPS) is 56.3. The first-order chi connectivity index (χ1) is 16.5. The van der Waals surface area contributed by atoms with E-state index in [1.54, 1.807) is 6.92 Å². The number of allylic oxidation sites excluding steroid dienone is 1. The van der Waals surface area contributed by atoms with Crippen LogP contribution < -0.4 is 0 Å². The third-order valence-electron chi connectivity index (χ3n) is 13.6. The highest BCUT2D eigenvalue weighted by Gasteiger charge is 2.72. The van der Waals surface area contributed by atoms with Gasteiger partial charge in [-0.05, 0) is 106 Å². The topological polar surface area (TPSA) is 115 Å². The smallest absolute Gasteiger partial charge is 0.312 e. The van der Waals surface area contributed by atoms with Crippen molar-refractivity contribution in [2.45, 2.75) is 111 Å². The fraction of sp³-hybridized carbons (Fsp3) is 0.867. The standard InChI is InChI=1S/C30H46O6/c1-17-9-14-30(24(34)35)16-15-26(3)18(22(30)29(17,6)36)7-8-19-25(2)12-11-21(31)28(5,23(32)33)20(25)10-13-27(19,26)4/h7,17,19-22,31,36H,8-16H2,1-6H3,(H,32,33)(H,34,35)/t17-,19?,20?,21+,22?,25-,26-,27-,28-,29-,30+/m1/s1. The van der Waals surface area contributed by atoms with E-state index in [0.29, 0.717) is 19.3 Å². The van der Waals surface area contributed by atoms with Crippen LogP contribution in [0.3, 0.4) is 0 Å². The number of carbonyl (C=O) groups is 2. The van der Waals surface area contributed by atoms with E-state index in [2.05, 4.69) is 33.8 Å². The molecule has 0 saturated heterocycles. The van der Waals surface area contributed by atoms with Crippen LogP contribution in [-0.2, 0) is 9.59 Å². The summed E-state index contributed by atoms with van der Waals surface area (Å²) in [6.45, 7) is 12.6. The Morgan fingerprint density at radius 3 is 2.14 bits per heavy atom. The third kappa shape index (κ3) is 2.81. The molecule has 0 radical (unpaired) electrons. The van der Waals surface area contributed by atoms with Gasteiger partial charge in [-0.1, -0.05) is 39.3 Å². The van der Waals surface area contributed by atoms with Crippen LogP contribution in [0.25, 0.3) is 0 Å². The zero-order valence-corrected chi connectivity index (χ0v) is 22.9. The number of hydrogen-bond acceptors (Lipinski definition) is 4. The Morgan fingerprint density at radius 1 is 0.861 bits per heavy atom. The highest BCUT2D eigenvalue weighted by molar-refractivity contribution is 5.77. The Morgan fingerprint density at radius 2 is 1.53 bits per heavy atom. The van der Waals surface area contributed by atoms with Gasteiger partial charge in [0.15, 0.2) is 0 Å². The van der Waals surface area contributed by atoms with Gasteiger partial charge in [0.1, 0.15) is 0 Å². The van der Waals surface area contributed by atoms with Crippen molar-refractivity contribution in [3.05, 3.63) is 11.6 Å². The summed E-state index contributed by atoms with van der Waals surface area (Å²) in [6.07, 6.45) is 7.77. The van der Waals surface area contributed by atoms with Crippen molar-refractivity contribution in [3.63, 3.8) is 0 Å². The van der Waals surface area contributed by atoms with Crippen molar-refractivity contribution in [3.8, 4) is 0 Å². The molecule has 0 aromatic heterocycles. The van der Waals surface area contributed by atoms with Gasteiger partial charge in [0.05, 0.1) is 22.5 Å². The minimum absolute atomic E-state index is 0.0214. The number of carboxylic acid groups (broad SMARTS) is 2. The Hall–Kier alpha value is -1.40. The second-order valence-corrected chi connectivity index (χ2v) is 14.5. The molecule has 0 aromatic rings. The fourth-order valence-corrected chi connectivity index (χ4v) is 10.8. The molecule has 4 saturated carbocycles. The number of aliphatic hydroxyl groups excluding tert-OH is 1. The van der Waals surface area contributed by atoms with Crippen LogP contribution >= 0.6 is 0 Å². The summed E-state index contributed by atoms with van der Waals surface area (Å²) < 4.78 is 0. The van der Waals surface area contributed by atoms with Gasteiger partial charge in [-0.15, -0.1) is 0 Å². The van der Waals surface area contributed by atoms with Gasteiger partial charge in [-0.3, -0.25) is 9.59 Å². The molecule has 5 aliphatic rings. The SMILES string of the molecule is C[C@@H]1CC[C@]2(C(=O)O)CC[C@]3(C)C(=CCC4[C@@]5(C)CC[C@H](O)[C@](C)(C(=O)O)C5CC[C@]43C)C2[C@]1(C)O. The van der Waals surface area contributed by atoms with E-state index in [4.69, 9.17) is 0 Å². The quantitative estimate of drug-likeness (QED) is 0.383. The van der Waals surface area contributed by atoms with E-state index in [1.165, 1.54) is 0 Å². The van der Waals surface area contributed by atoms with E-state index < -0.39 is 40.4 Å². The maximum atomic E-state index is 12.8. The second-order valence-electron chi connectivity index (χ2n) is 14.5. The van der Waals surface area contributed by atoms with Crippen molar-refractivity contribution in [2.75, 3.05) is 0 Å². The van der Waals surface area contributed by atoms with E-state index >= 15 is 0 Å². The maximum absolute atomic E-state index is 12.8. The molecule has 4 N–H and O–H groups in total. The third-order valence-corrected chi connectivity index (χ3v) is 13.6. The van der Waals surface area contributed by atoms with Crippen LogP contribution in [0.5, 0.6) is 0 Å². The van der Waals surface area contributed by atoms with E-state index in [1.807, 2.05) is 6.92 Å². The molecule has 0 spiro atoms. The highest BCUT2D eigenvalue weighted by Crippen LogP contribution is 2.76. The summed E-state index contributed by atoms with van der Waals surface area (Å²) in [5.74, 6) is -1.93. The molecule has 11 atom stereocenters. The van der Waals surface area contributed by atoms with Gasteiger partial charge in [-0.25, -0.2) is 0 Å². The number of carboxylic acids is 2. The summed E-state index contributed by atoms with van der Waals surface area (Å²) in [6, 6.07) is 0. The van der Waals surface area contributed by atoms with Crippen molar-refractivity contribution >= 4 is 11.9 Å². The summed E-state index contributed by atoms with van der Waals surface area (Å²) in [7, 11) is 0. The molecule has 5 aliphatic carbocycles. The van der Waals surface area contributed by atoms with E-state index in [-0.39, 0.29) is 34.0 Å². The van der Waals surface area contributed by atoms with E-state index in [9.17, 15) is 30.0 Å².